The summed E-state index contributed by atoms with van der Waals surface area (Å²) in [5, 5.41) is 22.0. The third kappa shape index (κ3) is 3.60. The Hall–Kier alpha value is -3.15. The Bertz CT molecular complexity index is 1300. The average Bonchev–Trinajstić information content (AvgIpc) is 3.39. The maximum absolute atomic E-state index is 14.4. The highest BCUT2D eigenvalue weighted by Gasteiger charge is 2.21. The van der Waals surface area contributed by atoms with Crippen LogP contribution in [-0.4, -0.2) is 32.5 Å². The Balaban J connectivity index is 1.62. The molecule has 0 bridgehead atoms. The number of fused-ring (bicyclic) bond motifs is 1. The fourth-order valence-electron chi connectivity index (χ4n) is 4.15. The number of nitrogens with one attached hydrogen (secondary N) is 1. The van der Waals surface area contributed by atoms with Crippen molar-refractivity contribution >= 4 is 17.3 Å². The summed E-state index contributed by atoms with van der Waals surface area (Å²) in [6, 6.07) is 11.2. The molecular weight excluding hydrogens is 411 g/mol. The predicted octanol–water partition coefficient (Wildman–Crippen LogP) is 4.59. The molecule has 0 amide bonds. The van der Waals surface area contributed by atoms with E-state index >= 15 is 0 Å². The van der Waals surface area contributed by atoms with Crippen LogP contribution >= 0.6 is 11.8 Å². The molecule has 1 unspecified atom stereocenters. The summed E-state index contributed by atoms with van der Waals surface area (Å²) in [5.41, 5.74) is 4.18. The summed E-state index contributed by atoms with van der Waals surface area (Å²) in [5.74, 6) is -0.289. The summed E-state index contributed by atoms with van der Waals surface area (Å²) in [6.07, 6.45) is 7.59. The molecule has 0 aliphatic carbocycles. The van der Waals surface area contributed by atoms with Gasteiger partial charge in [-0.15, -0.1) is 0 Å². The van der Waals surface area contributed by atoms with E-state index in [1.54, 1.807) is 28.9 Å². The molecule has 0 saturated carbocycles. The van der Waals surface area contributed by atoms with Crippen LogP contribution in [0.15, 0.2) is 58.7 Å². The molecule has 6 nitrogen and oxygen atoms in total. The van der Waals surface area contributed by atoms with E-state index in [2.05, 4.69) is 33.2 Å². The van der Waals surface area contributed by atoms with Gasteiger partial charge in [-0.1, -0.05) is 23.9 Å². The van der Waals surface area contributed by atoms with Crippen LogP contribution in [0.1, 0.15) is 30.1 Å². The van der Waals surface area contributed by atoms with E-state index in [1.807, 2.05) is 18.5 Å². The SMILES string of the molecule is Cc1c(-c2cc(Sc3ccccc3F)c3c(C#N)cnn3c2)cnn1C1CCCNC1. The molecule has 5 rings (SSSR count). The van der Waals surface area contributed by atoms with E-state index in [9.17, 15) is 9.65 Å². The van der Waals surface area contributed by atoms with E-state index in [1.165, 1.54) is 17.8 Å². The zero-order valence-corrected chi connectivity index (χ0v) is 17.9. The molecule has 0 radical (unpaired) electrons. The van der Waals surface area contributed by atoms with Crippen molar-refractivity contribution in [3.05, 3.63) is 66.0 Å². The minimum absolute atomic E-state index is 0.289. The normalized spacial score (nSPS) is 16.5. The number of piperidine rings is 1. The summed E-state index contributed by atoms with van der Waals surface area (Å²) >= 11 is 1.30. The van der Waals surface area contributed by atoms with Crippen LogP contribution in [0.4, 0.5) is 4.39 Å². The van der Waals surface area contributed by atoms with Crippen molar-refractivity contribution in [1.82, 2.24) is 24.7 Å². The number of halogens is 1. The Morgan fingerprint density at radius 1 is 1.23 bits per heavy atom. The second kappa shape index (κ2) is 8.17. The minimum Gasteiger partial charge on any atom is -0.315 e. The van der Waals surface area contributed by atoms with Gasteiger partial charge in [0, 0.05) is 39.4 Å². The highest BCUT2D eigenvalue weighted by atomic mass is 32.2. The van der Waals surface area contributed by atoms with Crippen LogP contribution in [-0.2, 0) is 0 Å². The largest absolute Gasteiger partial charge is 0.315 e. The maximum Gasteiger partial charge on any atom is 0.137 e. The molecule has 4 heterocycles. The molecule has 1 aliphatic heterocycles. The number of pyridine rings is 1. The lowest BCUT2D eigenvalue weighted by atomic mass is 10.1. The molecule has 8 heteroatoms. The van der Waals surface area contributed by atoms with Gasteiger partial charge < -0.3 is 5.32 Å². The number of aromatic nitrogens is 4. The lowest BCUT2D eigenvalue weighted by molar-refractivity contribution is 0.342. The second-order valence-electron chi connectivity index (χ2n) is 7.68. The van der Waals surface area contributed by atoms with Gasteiger partial charge in [-0.05, 0) is 44.5 Å². The lowest BCUT2D eigenvalue weighted by Crippen LogP contribution is -2.32. The molecule has 156 valence electrons. The van der Waals surface area contributed by atoms with Crippen molar-refractivity contribution in [3.8, 4) is 17.2 Å². The van der Waals surface area contributed by atoms with Gasteiger partial charge in [0.2, 0.25) is 0 Å². The first-order chi connectivity index (χ1) is 15.2. The quantitative estimate of drug-likeness (QED) is 0.511. The van der Waals surface area contributed by atoms with Gasteiger partial charge in [0.05, 0.1) is 29.5 Å². The number of benzene rings is 1. The zero-order chi connectivity index (χ0) is 21.4. The smallest absolute Gasteiger partial charge is 0.137 e. The van der Waals surface area contributed by atoms with Crippen LogP contribution in [0.2, 0.25) is 0 Å². The van der Waals surface area contributed by atoms with Crippen LogP contribution in [0, 0.1) is 24.1 Å². The van der Waals surface area contributed by atoms with Gasteiger partial charge in [-0.2, -0.15) is 15.5 Å². The first-order valence-corrected chi connectivity index (χ1v) is 11.1. The lowest BCUT2D eigenvalue weighted by Gasteiger charge is -2.24. The number of nitriles is 1. The summed E-state index contributed by atoms with van der Waals surface area (Å²) in [6.45, 7) is 4.05. The van der Waals surface area contributed by atoms with E-state index < -0.39 is 0 Å². The maximum atomic E-state index is 14.4. The topological polar surface area (TPSA) is 70.9 Å². The van der Waals surface area contributed by atoms with Gasteiger partial charge in [-0.3, -0.25) is 4.68 Å². The van der Waals surface area contributed by atoms with E-state index in [4.69, 9.17) is 0 Å². The first-order valence-electron chi connectivity index (χ1n) is 10.2. The van der Waals surface area contributed by atoms with Gasteiger partial charge >= 0.3 is 0 Å². The monoisotopic (exact) mass is 432 g/mol. The highest BCUT2D eigenvalue weighted by molar-refractivity contribution is 7.99. The van der Waals surface area contributed by atoms with Crippen LogP contribution in [0.5, 0.6) is 0 Å². The molecule has 1 saturated heterocycles. The predicted molar refractivity (Wildman–Crippen MR) is 118 cm³/mol. The van der Waals surface area contributed by atoms with E-state index in [0.717, 1.165) is 47.6 Å². The second-order valence-corrected chi connectivity index (χ2v) is 8.76. The zero-order valence-electron chi connectivity index (χ0n) is 17.0. The molecule has 31 heavy (non-hydrogen) atoms. The Labute approximate surface area is 183 Å². The molecule has 3 aromatic heterocycles. The molecule has 1 N–H and O–H groups in total. The van der Waals surface area contributed by atoms with Gasteiger partial charge in [0.25, 0.3) is 0 Å². The summed E-state index contributed by atoms with van der Waals surface area (Å²) in [7, 11) is 0. The standard InChI is InChI=1S/C23H21FN6S/c1-15-19(13-28-30(15)18-5-4-8-26-12-18)16-9-22(31-21-7-3-2-6-20(21)24)23-17(10-25)11-27-29(23)14-16/h2-3,6-7,9,11,13-14,18,26H,4-5,8,12H2,1H3. The Morgan fingerprint density at radius 3 is 2.87 bits per heavy atom. The van der Waals surface area contributed by atoms with Gasteiger partial charge in [-0.25, -0.2) is 8.91 Å². The Morgan fingerprint density at radius 2 is 2.10 bits per heavy atom. The van der Waals surface area contributed by atoms with Crippen molar-refractivity contribution in [2.75, 3.05) is 13.1 Å². The highest BCUT2D eigenvalue weighted by Crippen LogP contribution is 2.37. The molecule has 0 spiro atoms. The van der Waals surface area contributed by atoms with Crippen molar-refractivity contribution in [3.63, 3.8) is 0 Å². The van der Waals surface area contributed by atoms with Crippen LogP contribution < -0.4 is 5.32 Å². The van der Waals surface area contributed by atoms with Crippen molar-refractivity contribution in [2.24, 2.45) is 0 Å². The molecular formula is C23H21FN6S. The van der Waals surface area contributed by atoms with Gasteiger partial charge in [0.1, 0.15) is 11.9 Å². The number of nitrogens with zero attached hydrogens (tertiary/aromatic N) is 5. The van der Waals surface area contributed by atoms with Crippen molar-refractivity contribution in [1.29, 1.82) is 5.26 Å². The molecule has 1 aromatic carbocycles. The molecule has 1 atom stereocenters. The van der Waals surface area contributed by atoms with Crippen LogP contribution in [0.3, 0.4) is 0 Å². The van der Waals surface area contributed by atoms with Crippen molar-refractivity contribution < 1.29 is 4.39 Å². The van der Waals surface area contributed by atoms with E-state index in [-0.39, 0.29) is 5.82 Å². The molecule has 4 aromatic rings. The van der Waals surface area contributed by atoms with E-state index in [0.29, 0.717) is 22.0 Å². The molecule has 1 aliphatic rings. The third-order valence-corrected chi connectivity index (χ3v) is 6.81. The minimum atomic E-state index is -0.289. The average molecular weight is 433 g/mol. The fraction of sp³-hybridized carbons (Fsp3) is 0.261. The molecule has 1 fully saturated rings. The number of hydrogen-bond acceptors (Lipinski definition) is 5. The van der Waals surface area contributed by atoms with Gasteiger partial charge in [0.15, 0.2) is 0 Å². The fourth-order valence-corrected chi connectivity index (χ4v) is 5.19. The number of rotatable bonds is 4. The van der Waals surface area contributed by atoms with Crippen molar-refractivity contribution in [2.45, 2.75) is 35.6 Å². The summed E-state index contributed by atoms with van der Waals surface area (Å²) < 4.78 is 18.2. The Kier molecular flexibility index (Phi) is 5.22. The summed E-state index contributed by atoms with van der Waals surface area (Å²) in [4.78, 5) is 1.29. The number of hydrogen-bond donors (Lipinski definition) is 1. The third-order valence-electron chi connectivity index (χ3n) is 5.73. The first kappa shape index (κ1) is 19.8. The van der Waals surface area contributed by atoms with Crippen LogP contribution in [0.25, 0.3) is 16.6 Å².